The van der Waals surface area contributed by atoms with Crippen LogP contribution in [0.2, 0.25) is 0 Å². The van der Waals surface area contributed by atoms with E-state index in [1.54, 1.807) is 0 Å². The minimum atomic E-state index is 0.792. The van der Waals surface area contributed by atoms with Crippen molar-refractivity contribution in [2.75, 3.05) is 18.0 Å². The number of nitrogens with zero attached hydrogens (tertiary/aromatic N) is 3. The van der Waals surface area contributed by atoms with Crippen molar-refractivity contribution in [3.05, 3.63) is 16.9 Å². The van der Waals surface area contributed by atoms with Crippen LogP contribution >= 0.6 is 15.9 Å². The molecule has 94 valence electrons. The second-order valence-corrected chi connectivity index (χ2v) is 6.04. The average Bonchev–Trinajstić information content (AvgIpc) is 2.55. The molecule has 0 N–H and O–H groups in total. The van der Waals surface area contributed by atoms with Crippen LogP contribution in [-0.2, 0) is 0 Å². The largest absolute Gasteiger partial charge is 0.341 e. The molecular weight excluding hydrogens is 278 g/mol. The van der Waals surface area contributed by atoms with Gasteiger partial charge in [-0.1, -0.05) is 13.8 Å². The van der Waals surface area contributed by atoms with E-state index in [4.69, 9.17) is 0 Å². The Balaban J connectivity index is 2.01. The van der Waals surface area contributed by atoms with E-state index in [2.05, 4.69) is 44.6 Å². The highest BCUT2D eigenvalue weighted by molar-refractivity contribution is 9.10. The second kappa shape index (κ2) is 5.80. The summed E-state index contributed by atoms with van der Waals surface area (Å²) in [5, 5.41) is 0. The Kier molecular flexibility index (Phi) is 4.37. The van der Waals surface area contributed by atoms with E-state index in [0.717, 1.165) is 35.3 Å². The number of aromatic nitrogens is 2. The zero-order valence-electron chi connectivity index (χ0n) is 10.6. The molecule has 1 aromatic heterocycles. The predicted octanol–water partition coefficient (Wildman–Crippen LogP) is 3.50. The van der Waals surface area contributed by atoms with Crippen molar-refractivity contribution in [2.24, 2.45) is 11.8 Å². The van der Waals surface area contributed by atoms with Crippen LogP contribution in [0.3, 0.4) is 0 Å². The van der Waals surface area contributed by atoms with E-state index >= 15 is 0 Å². The van der Waals surface area contributed by atoms with E-state index in [1.165, 1.54) is 19.3 Å². The van der Waals surface area contributed by atoms with Crippen molar-refractivity contribution >= 4 is 21.9 Å². The molecule has 1 fully saturated rings. The molecule has 0 bridgehead atoms. The van der Waals surface area contributed by atoms with Gasteiger partial charge in [-0.25, -0.2) is 9.97 Å². The minimum Gasteiger partial charge on any atom is -0.341 e. The first kappa shape index (κ1) is 12.8. The molecule has 3 nitrogen and oxygen atoms in total. The van der Waals surface area contributed by atoms with Gasteiger partial charge >= 0.3 is 0 Å². The molecule has 0 amide bonds. The van der Waals surface area contributed by atoms with Gasteiger partial charge in [-0.05, 0) is 47.0 Å². The van der Waals surface area contributed by atoms with Gasteiger partial charge in [0, 0.05) is 25.5 Å². The van der Waals surface area contributed by atoms with Gasteiger partial charge in [0.1, 0.15) is 0 Å². The van der Waals surface area contributed by atoms with Crippen LogP contribution < -0.4 is 4.90 Å². The molecule has 1 aromatic rings. The van der Waals surface area contributed by atoms with Gasteiger partial charge in [0.2, 0.25) is 5.95 Å². The second-order valence-electron chi connectivity index (χ2n) is 5.12. The first-order chi connectivity index (χ1) is 8.16. The van der Waals surface area contributed by atoms with E-state index in [1.807, 2.05) is 12.4 Å². The Morgan fingerprint density at radius 2 is 1.94 bits per heavy atom. The zero-order valence-corrected chi connectivity index (χ0v) is 12.2. The molecule has 2 rings (SSSR count). The summed E-state index contributed by atoms with van der Waals surface area (Å²) < 4.78 is 0.941. The van der Waals surface area contributed by atoms with E-state index < -0.39 is 0 Å². The van der Waals surface area contributed by atoms with Gasteiger partial charge in [-0.3, -0.25) is 0 Å². The molecule has 17 heavy (non-hydrogen) atoms. The van der Waals surface area contributed by atoms with Crippen molar-refractivity contribution in [1.82, 2.24) is 9.97 Å². The number of hydrogen-bond acceptors (Lipinski definition) is 3. The summed E-state index contributed by atoms with van der Waals surface area (Å²) in [6.45, 7) is 6.84. The lowest BCUT2D eigenvalue weighted by Gasteiger charge is -2.21. The Morgan fingerprint density at radius 3 is 2.59 bits per heavy atom. The van der Waals surface area contributed by atoms with E-state index in [-0.39, 0.29) is 0 Å². The molecule has 0 aromatic carbocycles. The van der Waals surface area contributed by atoms with Crippen LogP contribution in [0.15, 0.2) is 16.9 Å². The maximum atomic E-state index is 4.38. The predicted molar refractivity (Wildman–Crippen MR) is 74.1 cm³/mol. The molecule has 1 atom stereocenters. The molecule has 0 saturated carbocycles. The van der Waals surface area contributed by atoms with Crippen molar-refractivity contribution in [1.29, 1.82) is 0 Å². The summed E-state index contributed by atoms with van der Waals surface area (Å²) in [7, 11) is 0. The highest BCUT2D eigenvalue weighted by atomic mass is 79.9. The third-order valence-electron chi connectivity index (χ3n) is 3.61. The third-order valence-corrected chi connectivity index (χ3v) is 4.01. The molecule has 2 heterocycles. The SMILES string of the molecule is CC(C)C1CCCN(c2ncc(Br)cn2)CC1. The van der Waals surface area contributed by atoms with Gasteiger partial charge in [0.15, 0.2) is 0 Å². The molecule has 1 aliphatic heterocycles. The fraction of sp³-hybridized carbons (Fsp3) is 0.692. The Bertz CT molecular complexity index is 350. The molecule has 4 heteroatoms. The quantitative estimate of drug-likeness (QED) is 0.836. The molecule has 1 aliphatic rings. The fourth-order valence-electron chi connectivity index (χ4n) is 2.46. The molecule has 1 unspecified atom stereocenters. The molecule has 0 aliphatic carbocycles. The molecular formula is C13H20BrN3. The lowest BCUT2D eigenvalue weighted by Crippen LogP contribution is -2.26. The lowest BCUT2D eigenvalue weighted by atomic mass is 9.89. The normalized spacial score (nSPS) is 21.6. The fourth-order valence-corrected chi connectivity index (χ4v) is 2.66. The zero-order chi connectivity index (χ0) is 12.3. The molecule has 0 spiro atoms. The highest BCUT2D eigenvalue weighted by Crippen LogP contribution is 2.26. The van der Waals surface area contributed by atoms with Crippen molar-refractivity contribution in [3.63, 3.8) is 0 Å². The van der Waals surface area contributed by atoms with Crippen LogP contribution in [0, 0.1) is 11.8 Å². The summed E-state index contributed by atoms with van der Waals surface area (Å²) in [6.07, 6.45) is 7.50. The van der Waals surface area contributed by atoms with Gasteiger partial charge in [0.05, 0.1) is 4.47 Å². The van der Waals surface area contributed by atoms with Crippen molar-refractivity contribution in [2.45, 2.75) is 33.1 Å². The Morgan fingerprint density at radius 1 is 1.24 bits per heavy atom. The summed E-state index contributed by atoms with van der Waals surface area (Å²) >= 11 is 3.37. The number of halogens is 1. The summed E-state index contributed by atoms with van der Waals surface area (Å²) in [6, 6.07) is 0. The van der Waals surface area contributed by atoms with E-state index in [9.17, 15) is 0 Å². The summed E-state index contributed by atoms with van der Waals surface area (Å²) in [5.41, 5.74) is 0. The van der Waals surface area contributed by atoms with Crippen LogP contribution in [0.4, 0.5) is 5.95 Å². The summed E-state index contributed by atoms with van der Waals surface area (Å²) in [5.74, 6) is 2.52. The number of anilines is 1. The van der Waals surface area contributed by atoms with Crippen LogP contribution in [0.5, 0.6) is 0 Å². The maximum Gasteiger partial charge on any atom is 0.225 e. The number of hydrogen-bond donors (Lipinski definition) is 0. The third kappa shape index (κ3) is 3.41. The topological polar surface area (TPSA) is 29.0 Å². The van der Waals surface area contributed by atoms with Crippen LogP contribution in [0.1, 0.15) is 33.1 Å². The smallest absolute Gasteiger partial charge is 0.225 e. The van der Waals surface area contributed by atoms with Gasteiger partial charge in [-0.2, -0.15) is 0 Å². The molecule has 0 radical (unpaired) electrons. The number of rotatable bonds is 2. The highest BCUT2D eigenvalue weighted by Gasteiger charge is 2.20. The average molecular weight is 298 g/mol. The lowest BCUT2D eigenvalue weighted by molar-refractivity contribution is 0.351. The van der Waals surface area contributed by atoms with E-state index in [0.29, 0.717) is 0 Å². The summed E-state index contributed by atoms with van der Waals surface area (Å²) in [4.78, 5) is 11.1. The van der Waals surface area contributed by atoms with Crippen molar-refractivity contribution in [3.8, 4) is 0 Å². The van der Waals surface area contributed by atoms with Crippen LogP contribution in [-0.4, -0.2) is 23.1 Å². The van der Waals surface area contributed by atoms with Gasteiger partial charge in [-0.15, -0.1) is 0 Å². The van der Waals surface area contributed by atoms with Gasteiger partial charge < -0.3 is 4.90 Å². The standard InChI is InChI=1S/C13H20BrN3/c1-10(2)11-4-3-6-17(7-5-11)13-15-8-12(14)9-16-13/h8-11H,3-7H2,1-2H3. The molecule has 1 saturated heterocycles. The van der Waals surface area contributed by atoms with Crippen LogP contribution in [0.25, 0.3) is 0 Å². The maximum absolute atomic E-state index is 4.38. The van der Waals surface area contributed by atoms with Crippen molar-refractivity contribution < 1.29 is 0 Å². The van der Waals surface area contributed by atoms with Gasteiger partial charge in [0.25, 0.3) is 0 Å². The first-order valence-electron chi connectivity index (χ1n) is 6.39. The Labute approximate surface area is 112 Å². The Hall–Kier alpha value is -0.640. The first-order valence-corrected chi connectivity index (χ1v) is 7.18. The minimum absolute atomic E-state index is 0.792. The monoisotopic (exact) mass is 297 g/mol.